The predicted octanol–water partition coefficient (Wildman–Crippen LogP) is 4.82. The summed E-state index contributed by atoms with van der Waals surface area (Å²) >= 11 is 0. The molecule has 1 aromatic carbocycles. The van der Waals surface area contributed by atoms with E-state index < -0.39 is 15.9 Å². The number of rotatable bonds is 6. The fourth-order valence-corrected chi connectivity index (χ4v) is 6.53. The molecular formula is C27H32N4O4S. The summed E-state index contributed by atoms with van der Waals surface area (Å²) in [7, 11) is -3.93. The molecule has 1 unspecified atom stereocenters. The molecule has 2 aromatic heterocycles. The molecule has 1 fully saturated rings. The molecule has 1 N–H and O–H groups in total. The number of benzene rings is 1. The molecule has 0 spiro atoms. The minimum absolute atomic E-state index is 0.0441. The molecule has 8 nitrogen and oxygen atoms in total. The number of amides is 1. The predicted molar refractivity (Wildman–Crippen MR) is 140 cm³/mol. The number of carbonyl (C=O) groups excluding carboxylic acids is 1. The highest BCUT2D eigenvalue weighted by molar-refractivity contribution is 7.89. The van der Waals surface area contributed by atoms with Crippen molar-refractivity contribution in [3.63, 3.8) is 0 Å². The number of nitrogens with zero attached hydrogens (tertiary/aromatic N) is 3. The first-order valence-electron chi connectivity index (χ1n) is 12.0. The molecule has 1 amide bonds. The van der Waals surface area contributed by atoms with Crippen LogP contribution in [0.4, 0.5) is 5.82 Å². The number of sulfonamides is 1. The van der Waals surface area contributed by atoms with E-state index in [2.05, 4.69) is 27.6 Å². The molecule has 0 bridgehead atoms. The van der Waals surface area contributed by atoms with Crippen molar-refractivity contribution in [3.05, 3.63) is 69.7 Å². The van der Waals surface area contributed by atoms with Gasteiger partial charge in [-0.05, 0) is 82.4 Å². The van der Waals surface area contributed by atoms with E-state index in [4.69, 9.17) is 4.52 Å². The van der Waals surface area contributed by atoms with Crippen LogP contribution in [0.2, 0.25) is 0 Å². The Morgan fingerprint density at radius 3 is 2.53 bits per heavy atom. The molecule has 3 heterocycles. The van der Waals surface area contributed by atoms with Crippen molar-refractivity contribution in [2.75, 3.05) is 18.4 Å². The van der Waals surface area contributed by atoms with Crippen LogP contribution in [0.3, 0.4) is 0 Å². The van der Waals surface area contributed by atoms with Crippen molar-refractivity contribution in [1.29, 1.82) is 0 Å². The minimum Gasteiger partial charge on any atom is -0.355 e. The first-order chi connectivity index (χ1) is 17.1. The van der Waals surface area contributed by atoms with Gasteiger partial charge < -0.3 is 9.84 Å². The molecule has 0 aliphatic carbocycles. The van der Waals surface area contributed by atoms with Crippen LogP contribution in [-0.2, 0) is 14.8 Å². The zero-order valence-corrected chi connectivity index (χ0v) is 22.1. The number of pyridine rings is 1. The van der Waals surface area contributed by atoms with Crippen LogP contribution in [0.15, 0.2) is 39.8 Å². The van der Waals surface area contributed by atoms with Gasteiger partial charge in [-0.3, -0.25) is 4.79 Å². The first kappa shape index (κ1) is 25.8. The largest absolute Gasteiger partial charge is 0.355 e. The van der Waals surface area contributed by atoms with Gasteiger partial charge >= 0.3 is 0 Å². The van der Waals surface area contributed by atoms with E-state index in [9.17, 15) is 13.2 Å². The second-order valence-corrected chi connectivity index (χ2v) is 11.3. The average molecular weight is 509 g/mol. The molecule has 3 aromatic rings. The van der Waals surface area contributed by atoms with Crippen LogP contribution in [0.25, 0.3) is 12.2 Å². The lowest BCUT2D eigenvalue weighted by Gasteiger charge is -2.31. The van der Waals surface area contributed by atoms with Gasteiger partial charge in [-0.25, -0.2) is 13.4 Å². The summed E-state index contributed by atoms with van der Waals surface area (Å²) in [6.45, 7) is 9.97. The number of anilines is 1. The molecule has 0 saturated carbocycles. The Kier molecular flexibility index (Phi) is 7.42. The molecule has 1 saturated heterocycles. The van der Waals surface area contributed by atoms with Gasteiger partial charge in [-0.15, -0.1) is 0 Å². The molecule has 4 rings (SSSR count). The van der Waals surface area contributed by atoms with Crippen molar-refractivity contribution in [2.24, 2.45) is 5.92 Å². The summed E-state index contributed by atoms with van der Waals surface area (Å²) in [5.41, 5.74) is 5.46. The van der Waals surface area contributed by atoms with Crippen LogP contribution in [0.5, 0.6) is 0 Å². The maximum Gasteiger partial charge on any atom is 0.248 e. The molecule has 9 heteroatoms. The number of hydrogen-bond donors (Lipinski definition) is 1. The maximum atomic E-state index is 13.7. The topological polar surface area (TPSA) is 105 Å². The SMILES string of the molecule is Cc1cc(C)c(C=Cc2onc(C)c2S(=O)(=O)N2CCCC(C(=O)Nc3cccc(C)n3)C2)c(C)c1. The van der Waals surface area contributed by atoms with E-state index in [1.165, 1.54) is 9.87 Å². The van der Waals surface area contributed by atoms with Crippen LogP contribution in [0.1, 0.15) is 52.2 Å². The quantitative estimate of drug-likeness (QED) is 0.512. The molecule has 190 valence electrons. The number of aryl methyl sites for hydroxylation is 5. The Hall–Kier alpha value is -3.30. The van der Waals surface area contributed by atoms with E-state index in [0.29, 0.717) is 30.9 Å². The highest BCUT2D eigenvalue weighted by Gasteiger charge is 2.37. The fourth-order valence-electron chi connectivity index (χ4n) is 4.76. The number of hydrogen-bond acceptors (Lipinski definition) is 6. The molecule has 1 atom stereocenters. The van der Waals surface area contributed by atoms with Gasteiger partial charge in [-0.2, -0.15) is 4.31 Å². The Labute approximate surface area is 212 Å². The monoisotopic (exact) mass is 508 g/mol. The van der Waals surface area contributed by atoms with Crippen molar-refractivity contribution in [1.82, 2.24) is 14.4 Å². The summed E-state index contributed by atoms with van der Waals surface area (Å²) < 4.78 is 34.2. The third kappa shape index (κ3) is 5.42. The Morgan fingerprint density at radius 1 is 1.11 bits per heavy atom. The van der Waals surface area contributed by atoms with E-state index in [0.717, 1.165) is 22.4 Å². The van der Waals surface area contributed by atoms with Crippen LogP contribution in [-0.4, -0.2) is 41.9 Å². The minimum atomic E-state index is -3.93. The third-order valence-electron chi connectivity index (χ3n) is 6.47. The van der Waals surface area contributed by atoms with E-state index in [1.807, 2.05) is 45.9 Å². The zero-order valence-electron chi connectivity index (χ0n) is 21.3. The Balaban J connectivity index is 1.56. The number of nitrogens with one attached hydrogen (secondary N) is 1. The summed E-state index contributed by atoms with van der Waals surface area (Å²) in [6, 6.07) is 9.55. The molecule has 1 aliphatic rings. The van der Waals surface area contributed by atoms with Gasteiger partial charge in [0, 0.05) is 18.8 Å². The van der Waals surface area contributed by atoms with Gasteiger partial charge in [0.2, 0.25) is 15.9 Å². The molecule has 36 heavy (non-hydrogen) atoms. The second-order valence-electron chi connectivity index (χ2n) is 9.46. The van der Waals surface area contributed by atoms with Crippen LogP contribution < -0.4 is 5.32 Å². The van der Waals surface area contributed by atoms with Crippen molar-refractivity contribution in [2.45, 2.75) is 52.4 Å². The van der Waals surface area contributed by atoms with Crippen LogP contribution in [0, 0.1) is 40.5 Å². The lowest BCUT2D eigenvalue weighted by molar-refractivity contribution is -0.120. The molecule has 0 radical (unpaired) electrons. The maximum absolute atomic E-state index is 13.7. The van der Waals surface area contributed by atoms with Gasteiger partial charge in [0.1, 0.15) is 11.5 Å². The highest BCUT2D eigenvalue weighted by atomic mass is 32.2. The van der Waals surface area contributed by atoms with Gasteiger partial charge in [0.05, 0.1) is 5.92 Å². The lowest BCUT2D eigenvalue weighted by atomic mass is 9.99. The smallest absolute Gasteiger partial charge is 0.248 e. The fraction of sp³-hybridized carbons (Fsp3) is 0.370. The first-order valence-corrected chi connectivity index (χ1v) is 13.5. The van der Waals surface area contributed by atoms with Crippen LogP contribution >= 0.6 is 0 Å². The number of piperidine rings is 1. The normalized spacial score (nSPS) is 17.0. The van der Waals surface area contributed by atoms with Gasteiger partial charge in [0.15, 0.2) is 10.7 Å². The van der Waals surface area contributed by atoms with E-state index >= 15 is 0 Å². The molecular weight excluding hydrogens is 476 g/mol. The van der Waals surface area contributed by atoms with Crippen molar-refractivity contribution >= 4 is 33.9 Å². The average Bonchev–Trinajstić information content (AvgIpc) is 3.19. The number of aromatic nitrogens is 2. The standard InChI is InChI=1S/C27H32N4O4S/c1-17-14-18(2)23(19(3)15-17)11-12-24-26(21(5)30-35-24)36(33,34)31-13-7-9-22(16-31)27(32)29-25-10-6-8-20(4)28-25/h6,8,10-12,14-15,22H,7,9,13,16H2,1-5H3,(H,28,29,32). The van der Waals surface area contributed by atoms with Crippen molar-refractivity contribution in [3.8, 4) is 0 Å². The Bertz CT molecular complexity index is 1400. The van der Waals surface area contributed by atoms with Gasteiger partial charge in [-0.1, -0.05) is 35.0 Å². The van der Waals surface area contributed by atoms with Gasteiger partial charge in [0.25, 0.3) is 0 Å². The second kappa shape index (κ2) is 10.4. The van der Waals surface area contributed by atoms with E-state index in [-0.39, 0.29) is 23.1 Å². The zero-order chi connectivity index (χ0) is 26.0. The summed E-state index contributed by atoms with van der Waals surface area (Å²) in [5, 5.41) is 6.77. The third-order valence-corrected chi connectivity index (χ3v) is 8.49. The molecule has 1 aliphatic heterocycles. The van der Waals surface area contributed by atoms with E-state index in [1.54, 1.807) is 19.1 Å². The number of carbonyl (C=O) groups is 1. The van der Waals surface area contributed by atoms with Crippen molar-refractivity contribution < 1.29 is 17.7 Å². The Morgan fingerprint density at radius 2 is 1.83 bits per heavy atom. The summed E-state index contributed by atoms with van der Waals surface area (Å²) in [4.78, 5) is 17.3. The summed E-state index contributed by atoms with van der Waals surface area (Å²) in [6.07, 6.45) is 4.71. The highest BCUT2D eigenvalue weighted by Crippen LogP contribution is 2.30. The lowest BCUT2D eigenvalue weighted by Crippen LogP contribution is -2.44. The summed E-state index contributed by atoms with van der Waals surface area (Å²) in [5.74, 6) is -0.0697.